The number of halogens is 4. The number of para-hydroxylation sites is 3. The fraction of sp³-hybridized carbons (Fsp3) is 0.408. The number of hydrogen-bond donors (Lipinski definition) is 1. The zero-order valence-electron chi connectivity index (χ0n) is 78.9. The van der Waals surface area contributed by atoms with E-state index in [0.717, 1.165) is 84.7 Å². The Bertz CT molecular complexity index is 5470. The second kappa shape index (κ2) is 51.0. The number of pyridine rings is 3. The highest BCUT2D eigenvalue weighted by Crippen LogP contribution is 2.44. The number of nitrogens with zero attached hydrogens (tertiary/aromatic N) is 7. The molecule has 0 radical (unpaired) electrons. The van der Waals surface area contributed by atoms with Crippen molar-refractivity contribution in [3.63, 3.8) is 0 Å². The molecule has 0 saturated carbocycles. The number of amides is 4. The molecular weight excluding hydrogens is 1890 g/mol. The smallest absolute Gasteiger partial charge is 0.336 e. The van der Waals surface area contributed by atoms with Crippen LogP contribution in [0.1, 0.15) is 179 Å². The van der Waals surface area contributed by atoms with E-state index in [1.54, 1.807) is 153 Å². The summed E-state index contributed by atoms with van der Waals surface area (Å²) >= 11 is 23.9. The summed E-state index contributed by atoms with van der Waals surface area (Å²) in [6.45, 7) is 11.9. The SMILES string of the molecule is CC1=C(C(=O)OCc2ccc(OCCCS(=O)(=O)[O-])cc2)[C@H](c2ccc(Cl)nc2)CC(=O)N1C[C@H]1CCCO1.COc1ccccc1COC(=O)C1=C(C)N(C[C@H]2CCCO2)C(=O)C[C@@H]1c1ccc(Cl)nc1.COc1ccccc1COC(=O)C1=C(C)N(C[C@H]2CCCO2)C(=O)C[C@H]1c1ccc(Cl)cc1.COc1ccccc1COC(=O)C1=C(C)N(C[C@H]2CCCO2)C(=O)C[C@H]1c1ccc(Cl)nc1.[NH4+]. The minimum Gasteiger partial charge on any atom is -0.748 e. The molecule has 4 saturated heterocycles. The number of carbonyl (C=O) groups is 8. The van der Waals surface area contributed by atoms with E-state index in [2.05, 4.69) is 15.0 Å². The molecule has 5 aromatic carbocycles. The fourth-order valence-electron chi connectivity index (χ4n) is 18.0. The van der Waals surface area contributed by atoms with E-state index in [1.807, 2.05) is 91.9 Å². The fourth-order valence-corrected chi connectivity index (χ4v) is 19.0. The molecule has 3 aromatic heterocycles. The average molecular weight is 2010 g/mol. The monoisotopic (exact) mass is 2000 g/mol. The van der Waals surface area contributed by atoms with Gasteiger partial charge in [0, 0.05) is 145 Å². The van der Waals surface area contributed by atoms with Crippen LogP contribution in [0.2, 0.25) is 20.5 Å². The van der Waals surface area contributed by atoms with Crippen LogP contribution in [0, 0.1) is 0 Å². The van der Waals surface area contributed by atoms with Crippen molar-refractivity contribution in [2.75, 3.05) is 86.3 Å². The minimum absolute atomic E-state index is 0. The van der Waals surface area contributed by atoms with Gasteiger partial charge in [-0.25, -0.2) is 42.5 Å². The second-order valence-electron chi connectivity index (χ2n) is 34.2. The number of quaternary nitrogens is 1. The maximum absolute atomic E-state index is 13.4. The number of methoxy groups -OCH3 is 3. The van der Waals surface area contributed by atoms with Crippen LogP contribution in [0.3, 0.4) is 0 Å². The molecule has 8 atom stereocenters. The van der Waals surface area contributed by atoms with E-state index in [9.17, 15) is 51.3 Å². The number of rotatable bonds is 32. The summed E-state index contributed by atoms with van der Waals surface area (Å²) in [5, 5.41) is 1.61. The lowest BCUT2D eigenvalue weighted by Gasteiger charge is -2.35. The molecule has 8 aliphatic rings. The highest BCUT2D eigenvalue weighted by molar-refractivity contribution is 7.85. The molecule has 8 aromatic rings. The van der Waals surface area contributed by atoms with Crippen molar-refractivity contribution in [3.8, 4) is 23.0 Å². The third-order valence-electron chi connectivity index (χ3n) is 25.3. The van der Waals surface area contributed by atoms with Crippen LogP contribution >= 0.6 is 46.4 Å². The van der Waals surface area contributed by atoms with Gasteiger partial charge in [0.05, 0.1) is 111 Å². The first kappa shape index (κ1) is 106. The van der Waals surface area contributed by atoms with Crippen molar-refractivity contribution in [1.29, 1.82) is 0 Å². The summed E-state index contributed by atoms with van der Waals surface area (Å²) in [5.74, 6) is -2.03. The van der Waals surface area contributed by atoms with Gasteiger partial charge in [-0.15, -0.1) is 0 Å². The highest BCUT2D eigenvalue weighted by Gasteiger charge is 2.44. The van der Waals surface area contributed by atoms with E-state index < -0.39 is 63.4 Å². The number of carbonyl (C=O) groups excluding carboxylic acids is 8. The first-order valence-corrected chi connectivity index (χ1v) is 48.9. The van der Waals surface area contributed by atoms with Crippen molar-refractivity contribution in [2.45, 2.75) is 186 Å². The Morgan fingerprint density at radius 3 is 0.957 bits per heavy atom. The topological polar surface area (TPSA) is 393 Å². The molecule has 36 heteroatoms. The summed E-state index contributed by atoms with van der Waals surface area (Å²) in [5.41, 5.74) is 10.2. The Hall–Kier alpha value is -11.7. The number of benzene rings is 5. The van der Waals surface area contributed by atoms with Gasteiger partial charge in [0.2, 0.25) is 23.6 Å². The van der Waals surface area contributed by atoms with Crippen LogP contribution in [-0.4, -0.2) is 206 Å². The molecule has 0 bridgehead atoms. The van der Waals surface area contributed by atoms with Gasteiger partial charge >= 0.3 is 23.9 Å². The van der Waals surface area contributed by atoms with Crippen molar-refractivity contribution in [1.82, 2.24) is 40.7 Å². The van der Waals surface area contributed by atoms with E-state index in [-0.39, 0.29) is 119 Å². The van der Waals surface area contributed by atoms with Gasteiger partial charge in [-0.05, 0) is 174 Å². The summed E-state index contributed by atoms with van der Waals surface area (Å²) in [7, 11) is 0.465. The van der Waals surface area contributed by atoms with Crippen LogP contribution in [0.5, 0.6) is 23.0 Å². The lowest BCUT2D eigenvalue weighted by molar-refractivity contribution is -0.143. The Morgan fingerprint density at radius 2 is 0.683 bits per heavy atom. The van der Waals surface area contributed by atoms with Gasteiger partial charge in [-0.3, -0.25) is 19.2 Å². The van der Waals surface area contributed by atoms with Crippen molar-refractivity contribution >= 4 is 104 Å². The van der Waals surface area contributed by atoms with Crippen LogP contribution in [0.15, 0.2) is 221 Å². The van der Waals surface area contributed by atoms with E-state index in [4.69, 9.17) is 103 Å². The first-order valence-electron chi connectivity index (χ1n) is 45.8. The number of ether oxygens (including phenoxy) is 12. The van der Waals surface area contributed by atoms with Crippen molar-refractivity contribution < 1.29 is 108 Å². The largest absolute Gasteiger partial charge is 0.748 e. The Labute approximate surface area is 829 Å². The predicted octanol–water partition coefficient (Wildman–Crippen LogP) is 17.3. The van der Waals surface area contributed by atoms with Gasteiger partial charge in [-0.2, -0.15) is 0 Å². The molecule has 4 amide bonds. The van der Waals surface area contributed by atoms with Crippen molar-refractivity contribution in [2.24, 2.45) is 0 Å². The molecule has 4 fully saturated rings. The summed E-state index contributed by atoms with van der Waals surface area (Å²) in [6.07, 6.45) is 12.8. The summed E-state index contributed by atoms with van der Waals surface area (Å²) in [4.78, 5) is 125. The molecule has 0 unspecified atom stereocenters. The normalized spacial score (nSPS) is 20.4. The van der Waals surface area contributed by atoms with Crippen LogP contribution in [0.4, 0.5) is 0 Å². The minimum atomic E-state index is -4.27. The second-order valence-corrected chi connectivity index (χ2v) is 37.3. The molecule has 11 heterocycles. The van der Waals surface area contributed by atoms with E-state index in [0.29, 0.717) is 152 Å². The van der Waals surface area contributed by atoms with Crippen LogP contribution in [0.25, 0.3) is 0 Å². The molecule has 4 N–H and O–H groups in total. The van der Waals surface area contributed by atoms with Gasteiger partial charge in [0.25, 0.3) is 0 Å². The van der Waals surface area contributed by atoms with Crippen LogP contribution < -0.4 is 25.1 Å². The first-order chi connectivity index (χ1) is 66.5. The molecule has 31 nitrogen and oxygen atoms in total. The Kier molecular flexibility index (Phi) is 38.9. The van der Waals surface area contributed by atoms with E-state index in [1.165, 1.54) is 0 Å². The van der Waals surface area contributed by atoms with Crippen LogP contribution in [-0.2, 0) is 113 Å². The lowest BCUT2D eigenvalue weighted by Crippen LogP contribution is -2.42. The van der Waals surface area contributed by atoms with Gasteiger partial charge in [0.15, 0.2) is 0 Å². The third-order valence-corrected chi connectivity index (χ3v) is 27.0. The molecule has 8 aliphatic heterocycles. The molecule has 0 spiro atoms. The lowest BCUT2D eigenvalue weighted by atomic mass is 9.83. The maximum atomic E-state index is 13.4. The number of hydrogen-bond acceptors (Lipinski definition) is 26. The average Bonchev–Trinajstić information content (AvgIpc) is 1.31. The number of aromatic nitrogens is 3. The summed E-state index contributed by atoms with van der Waals surface area (Å²) in [6, 6.07) is 46.5. The predicted molar refractivity (Wildman–Crippen MR) is 517 cm³/mol. The van der Waals surface area contributed by atoms with Crippen molar-refractivity contribution in [3.05, 3.63) is 286 Å². The number of esters is 4. The van der Waals surface area contributed by atoms with Gasteiger partial charge in [-0.1, -0.05) is 143 Å². The zero-order valence-corrected chi connectivity index (χ0v) is 82.7. The maximum Gasteiger partial charge on any atom is 0.336 e. The molecule has 16 rings (SSSR count). The Morgan fingerprint density at radius 1 is 0.396 bits per heavy atom. The van der Waals surface area contributed by atoms with Gasteiger partial charge in [0.1, 0.15) is 64.9 Å². The quantitative estimate of drug-likeness (QED) is 0.0134. The molecule has 0 aliphatic carbocycles. The number of allylic oxidation sites excluding steroid dienone is 4. The standard InChI is InChI=1S/C27H31ClN2O8S.C26H28ClNO5.2C25H27ClN2O5.H3N/c1-18-26(27(32)38-17-19-5-8-21(9-6-19)36-12-3-13-39(33,34)35)23(20-7-10-24(28)29-15-20)14-25(31)30(18)16-22-4-2-11-37-22;1-17-25(26(30)33-16-19-6-3-4-8-23(19)31-2)22(18-9-11-20(27)12-10-18)14-24(29)28(17)15-21-7-5-13-32-21;2*1-16-24(25(30)33-15-18-6-3-4-8-21(18)31-2)20(17-9-10-22(26)27-13-17)12-23(29)28(16)14-19-7-5-11-32-19;/h5-10,15,22-23H,2-4,11-14,16-17H2,1H3,(H,33,34,35);3-4,6,8-12,21-22H,5,7,13-16H2,1-2H3;2*3-4,6,8-10,13,19-20H,5,7,11-12,14-15H2,1-2H3;1H3/t22-,23+;21-,22+;19-,20+;19-,20-;/m1111./s1. The third kappa shape index (κ3) is 28.6. The van der Waals surface area contributed by atoms with E-state index >= 15 is 0 Å². The Balaban J connectivity index is 0.000000166. The molecular formula is C103H116Cl4N8O23S. The molecule has 139 heavy (non-hydrogen) atoms. The zero-order chi connectivity index (χ0) is 98.1. The van der Waals surface area contributed by atoms with Gasteiger partial charge < -0.3 is 87.1 Å². The molecule has 740 valence electrons. The highest BCUT2D eigenvalue weighted by atomic mass is 35.5. The summed E-state index contributed by atoms with van der Waals surface area (Å²) < 4.78 is 99.4.